The highest BCUT2D eigenvalue weighted by Crippen LogP contribution is 2.29. The Kier molecular flexibility index (Phi) is 5.91. The van der Waals surface area contributed by atoms with Crippen LogP contribution in [0.4, 0.5) is 10.1 Å². The van der Waals surface area contributed by atoms with Gasteiger partial charge in [-0.15, -0.1) is 0 Å². The molecule has 1 N–H and O–H groups in total. The van der Waals surface area contributed by atoms with Crippen LogP contribution in [0.25, 0.3) is 16.8 Å². The van der Waals surface area contributed by atoms with E-state index in [1.165, 1.54) is 28.6 Å². The van der Waals surface area contributed by atoms with Crippen LogP contribution in [0.15, 0.2) is 101 Å². The summed E-state index contributed by atoms with van der Waals surface area (Å²) in [6, 6.07) is 28.2. The lowest BCUT2D eigenvalue weighted by molar-refractivity contribution is -0.115. The van der Waals surface area contributed by atoms with Crippen LogP contribution < -0.4 is 10.1 Å². The molecule has 0 radical (unpaired) electrons. The number of aliphatic imine (C=N–C) groups is 1. The molecule has 162 valence electrons. The second kappa shape index (κ2) is 9.30. The van der Waals surface area contributed by atoms with E-state index in [2.05, 4.69) is 34.6 Å². The van der Waals surface area contributed by atoms with E-state index < -0.39 is 5.82 Å². The second-order valence-corrected chi connectivity index (χ2v) is 8.46. The smallest absolute Gasteiger partial charge is 0.264 e. The molecular formula is C27H19FN2O2S. The Labute approximate surface area is 194 Å². The highest BCUT2D eigenvalue weighted by molar-refractivity contribution is 8.18. The fraction of sp³-hybridized carbons (Fsp3) is 0.0370. The maximum atomic E-state index is 13.8. The van der Waals surface area contributed by atoms with Gasteiger partial charge < -0.3 is 10.1 Å². The maximum absolute atomic E-state index is 13.8. The molecule has 0 saturated carbocycles. The van der Waals surface area contributed by atoms with Crippen molar-refractivity contribution >= 4 is 45.4 Å². The van der Waals surface area contributed by atoms with Crippen molar-refractivity contribution in [3.8, 4) is 5.75 Å². The molecule has 4 aromatic carbocycles. The molecule has 6 heteroatoms. The van der Waals surface area contributed by atoms with Crippen LogP contribution in [-0.4, -0.2) is 11.1 Å². The Bertz CT molecular complexity index is 1390. The van der Waals surface area contributed by atoms with Crippen molar-refractivity contribution in [2.45, 2.75) is 6.61 Å². The van der Waals surface area contributed by atoms with Gasteiger partial charge in [0.05, 0.1) is 4.91 Å². The summed E-state index contributed by atoms with van der Waals surface area (Å²) in [5.74, 6) is 0.0538. The van der Waals surface area contributed by atoms with E-state index in [0.717, 1.165) is 16.9 Å². The maximum Gasteiger partial charge on any atom is 0.264 e. The molecule has 0 atom stereocenters. The first kappa shape index (κ1) is 21.0. The van der Waals surface area contributed by atoms with Crippen LogP contribution >= 0.6 is 11.8 Å². The van der Waals surface area contributed by atoms with Crippen molar-refractivity contribution in [2.75, 3.05) is 0 Å². The third-order valence-electron chi connectivity index (χ3n) is 5.18. The minimum Gasteiger partial charge on any atom is -0.489 e. The van der Waals surface area contributed by atoms with E-state index in [9.17, 15) is 9.18 Å². The highest BCUT2D eigenvalue weighted by atomic mass is 32.2. The SMILES string of the molecule is O=C1NC(=Nc2ccccc2F)S/C1=C\c1ccc(OCc2cccc3ccccc23)cc1. The molecule has 0 spiro atoms. The van der Waals surface area contributed by atoms with Gasteiger partial charge in [0.1, 0.15) is 23.9 Å². The molecule has 1 saturated heterocycles. The van der Waals surface area contributed by atoms with E-state index in [0.29, 0.717) is 16.7 Å². The van der Waals surface area contributed by atoms with Gasteiger partial charge in [-0.3, -0.25) is 4.79 Å². The average molecular weight is 455 g/mol. The van der Waals surface area contributed by atoms with E-state index in [4.69, 9.17) is 4.74 Å². The number of thioether (sulfide) groups is 1. The predicted octanol–water partition coefficient (Wildman–Crippen LogP) is 6.45. The summed E-state index contributed by atoms with van der Waals surface area (Å²) in [6.07, 6.45) is 1.78. The summed E-state index contributed by atoms with van der Waals surface area (Å²) in [7, 11) is 0. The molecule has 1 heterocycles. The molecule has 1 amide bonds. The number of carbonyl (C=O) groups excluding carboxylic acids is 1. The van der Waals surface area contributed by atoms with Crippen LogP contribution in [0.3, 0.4) is 0 Å². The molecule has 1 aliphatic rings. The number of rotatable bonds is 5. The number of nitrogens with zero attached hydrogens (tertiary/aromatic N) is 1. The Morgan fingerprint density at radius 3 is 2.52 bits per heavy atom. The number of nitrogens with one attached hydrogen (secondary N) is 1. The summed E-state index contributed by atoms with van der Waals surface area (Å²) in [5, 5.41) is 5.40. The summed E-state index contributed by atoms with van der Waals surface area (Å²) < 4.78 is 19.8. The first-order valence-electron chi connectivity index (χ1n) is 10.4. The van der Waals surface area contributed by atoms with Crippen LogP contribution in [0, 0.1) is 5.82 Å². The molecule has 1 aliphatic heterocycles. The van der Waals surface area contributed by atoms with Gasteiger partial charge in [0, 0.05) is 0 Å². The summed E-state index contributed by atoms with van der Waals surface area (Å²) in [5.41, 5.74) is 2.17. The number of halogens is 1. The largest absolute Gasteiger partial charge is 0.489 e. The summed E-state index contributed by atoms with van der Waals surface area (Å²) >= 11 is 1.18. The van der Waals surface area contributed by atoms with Gasteiger partial charge in [0.2, 0.25) is 0 Å². The number of para-hydroxylation sites is 1. The van der Waals surface area contributed by atoms with E-state index in [1.54, 1.807) is 24.3 Å². The summed E-state index contributed by atoms with van der Waals surface area (Å²) in [6.45, 7) is 0.468. The number of hydrogen-bond acceptors (Lipinski definition) is 4. The van der Waals surface area contributed by atoms with Gasteiger partial charge in [-0.1, -0.05) is 66.7 Å². The first-order valence-corrected chi connectivity index (χ1v) is 11.2. The molecule has 0 unspecified atom stereocenters. The second-order valence-electron chi connectivity index (χ2n) is 7.43. The quantitative estimate of drug-likeness (QED) is 0.353. The fourth-order valence-corrected chi connectivity index (χ4v) is 4.36. The van der Waals surface area contributed by atoms with E-state index in [-0.39, 0.29) is 11.6 Å². The zero-order valence-corrected chi connectivity index (χ0v) is 18.3. The van der Waals surface area contributed by atoms with Crippen molar-refractivity contribution in [3.05, 3.63) is 113 Å². The van der Waals surface area contributed by atoms with Crippen molar-refractivity contribution in [2.24, 2.45) is 4.99 Å². The van der Waals surface area contributed by atoms with Crippen LogP contribution in [0.2, 0.25) is 0 Å². The predicted molar refractivity (Wildman–Crippen MR) is 132 cm³/mol. The van der Waals surface area contributed by atoms with Crippen molar-refractivity contribution < 1.29 is 13.9 Å². The van der Waals surface area contributed by atoms with E-state index >= 15 is 0 Å². The van der Waals surface area contributed by atoms with Crippen molar-refractivity contribution in [1.29, 1.82) is 0 Å². The van der Waals surface area contributed by atoms with Crippen molar-refractivity contribution in [1.82, 2.24) is 5.32 Å². The lowest BCUT2D eigenvalue weighted by Gasteiger charge is -2.09. The lowest BCUT2D eigenvalue weighted by Crippen LogP contribution is -2.19. The average Bonchev–Trinajstić information content (AvgIpc) is 3.18. The van der Waals surface area contributed by atoms with Gasteiger partial charge in [-0.25, -0.2) is 9.38 Å². The minimum absolute atomic E-state index is 0.189. The topological polar surface area (TPSA) is 50.7 Å². The number of carbonyl (C=O) groups is 1. The number of amides is 1. The molecule has 33 heavy (non-hydrogen) atoms. The van der Waals surface area contributed by atoms with Gasteiger partial charge >= 0.3 is 0 Å². The van der Waals surface area contributed by atoms with Gasteiger partial charge in [0.25, 0.3) is 5.91 Å². The zero-order chi connectivity index (χ0) is 22.6. The Morgan fingerprint density at radius 1 is 0.909 bits per heavy atom. The highest BCUT2D eigenvalue weighted by Gasteiger charge is 2.24. The molecule has 4 aromatic rings. The van der Waals surface area contributed by atoms with Crippen LogP contribution in [-0.2, 0) is 11.4 Å². The minimum atomic E-state index is -0.434. The zero-order valence-electron chi connectivity index (χ0n) is 17.5. The molecular weight excluding hydrogens is 435 g/mol. The number of amidine groups is 1. The third-order valence-corrected chi connectivity index (χ3v) is 6.09. The van der Waals surface area contributed by atoms with Gasteiger partial charge in [-0.05, 0) is 64.0 Å². The van der Waals surface area contributed by atoms with Crippen molar-refractivity contribution in [3.63, 3.8) is 0 Å². The van der Waals surface area contributed by atoms with E-state index in [1.807, 2.05) is 42.5 Å². The normalized spacial score (nSPS) is 15.8. The monoisotopic (exact) mass is 454 g/mol. The Balaban J connectivity index is 1.27. The number of ether oxygens (including phenoxy) is 1. The number of hydrogen-bond donors (Lipinski definition) is 1. The molecule has 0 aromatic heterocycles. The van der Waals surface area contributed by atoms with Gasteiger partial charge in [0.15, 0.2) is 5.17 Å². The Hall–Kier alpha value is -3.90. The molecule has 5 rings (SSSR count). The van der Waals surface area contributed by atoms with Crippen LogP contribution in [0.1, 0.15) is 11.1 Å². The molecule has 1 fully saturated rings. The van der Waals surface area contributed by atoms with Gasteiger partial charge in [-0.2, -0.15) is 0 Å². The standard InChI is InChI=1S/C27H19FN2O2S/c28-23-10-3-4-11-24(23)29-27-30-26(31)25(33-27)16-18-12-14-21(15-13-18)32-17-20-8-5-7-19-6-1-2-9-22(19)20/h1-16H,17H2,(H,29,30,31)/b25-16-. The fourth-order valence-electron chi connectivity index (χ4n) is 3.52. The lowest BCUT2D eigenvalue weighted by atomic mass is 10.1. The summed E-state index contributed by atoms with van der Waals surface area (Å²) in [4.78, 5) is 17.0. The number of benzene rings is 4. The molecule has 4 nitrogen and oxygen atoms in total. The van der Waals surface area contributed by atoms with Crippen LogP contribution in [0.5, 0.6) is 5.75 Å². The first-order chi connectivity index (χ1) is 16.2. The molecule has 0 bridgehead atoms. The third kappa shape index (κ3) is 4.81. The molecule has 0 aliphatic carbocycles. The number of fused-ring (bicyclic) bond motifs is 1. The Morgan fingerprint density at radius 2 is 1.67 bits per heavy atom.